The molecular weight excluding hydrogens is 424 g/mol. The molecule has 174 valence electrons. The Morgan fingerprint density at radius 2 is 1.82 bits per heavy atom. The van der Waals surface area contributed by atoms with E-state index in [-0.39, 0.29) is 24.4 Å². The van der Waals surface area contributed by atoms with Crippen molar-refractivity contribution in [2.75, 3.05) is 44.4 Å². The van der Waals surface area contributed by atoms with Crippen LogP contribution in [0.15, 0.2) is 42.6 Å². The number of nitriles is 1. The van der Waals surface area contributed by atoms with Crippen LogP contribution in [0.2, 0.25) is 0 Å². The summed E-state index contributed by atoms with van der Waals surface area (Å²) in [7, 11) is 0. The van der Waals surface area contributed by atoms with Crippen LogP contribution in [0, 0.1) is 17.2 Å². The van der Waals surface area contributed by atoms with Crippen LogP contribution in [0.4, 0.5) is 5.82 Å². The summed E-state index contributed by atoms with van der Waals surface area (Å²) in [5, 5.41) is 11.5. The van der Waals surface area contributed by atoms with Crippen molar-refractivity contribution in [1.82, 2.24) is 10.3 Å². The Balaban J connectivity index is 1.29. The molecule has 0 spiro atoms. The number of hydrogen-bond donors (Lipinski definition) is 1. The third-order valence-corrected chi connectivity index (χ3v) is 5.20. The van der Waals surface area contributed by atoms with E-state index in [1.807, 2.05) is 25.1 Å². The lowest BCUT2D eigenvalue weighted by Gasteiger charge is -2.31. The topological polar surface area (TPSA) is 114 Å². The molecule has 0 atom stereocenters. The van der Waals surface area contributed by atoms with Gasteiger partial charge in [-0.1, -0.05) is 0 Å². The Kier molecular flexibility index (Phi) is 8.88. The lowest BCUT2D eigenvalue weighted by atomic mass is 9.97. The number of carbonyl (C=O) groups excluding carboxylic acids is 2. The smallest absolute Gasteiger partial charge is 0.309 e. The number of nitrogens with zero attached hydrogens (tertiary/aromatic N) is 3. The number of esters is 1. The van der Waals surface area contributed by atoms with E-state index in [2.05, 4.69) is 15.2 Å². The maximum Gasteiger partial charge on any atom is 0.309 e. The molecule has 0 radical (unpaired) electrons. The van der Waals surface area contributed by atoms with E-state index in [0.29, 0.717) is 57.0 Å². The quantitative estimate of drug-likeness (QED) is 0.432. The molecule has 1 aliphatic rings. The van der Waals surface area contributed by atoms with Crippen LogP contribution in [-0.4, -0.2) is 56.3 Å². The lowest BCUT2D eigenvalue weighted by Crippen LogP contribution is -2.38. The number of amides is 1. The lowest BCUT2D eigenvalue weighted by molar-refractivity contribution is -0.153. The fourth-order valence-electron chi connectivity index (χ4n) is 3.45. The van der Waals surface area contributed by atoms with Gasteiger partial charge in [-0.25, -0.2) is 4.98 Å². The zero-order valence-electron chi connectivity index (χ0n) is 18.7. The van der Waals surface area contributed by atoms with Crippen molar-refractivity contribution < 1.29 is 23.8 Å². The average Bonchev–Trinajstić information content (AvgIpc) is 2.86. The van der Waals surface area contributed by atoms with Gasteiger partial charge in [0.15, 0.2) is 6.61 Å². The first-order chi connectivity index (χ1) is 16.1. The number of rotatable bonds is 10. The Morgan fingerprint density at radius 1 is 1.12 bits per heavy atom. The van der Waals surface area contributed by atoms with Crippen molar-refractivity contribution in [3.63, 3.8) is 0 Å². The van der Waals surface area contributed by atoms with Gasteiger partial charge in [-0.15, -0.1) is 0 Å². The van der Waals surface area contributed by atoms with Crippen LogP contribution in [0.3, 0.4) is 0 Å². The molecule has 0 aliphatic carbocycles. The number of anilines is 1. The van der Waals surface area contributed by atoms with Gasteiger partial charge in [0.2, 0.25) is 0 Å². The van der Waals surface area contributed by atoms with E-state index >= 15 is 0 Å². The van der Waals surface area contributed by atoms with Gasteiger partial charge < -0.3 is 24.4 Å². The molecule has 1 saturated heterocycles. The normalized spacial score (nSPS) is 13.6. The number of nitrogens with one attached hydrogen (secondary N) is 1. The number of benzene rings is 1. The highest BCUT2D eigenvalue weighted by molar-refractivity contribution is 5.81. The van der Waals surface area contributed by atoms with E-state index in [1.54, 1.807) is 24.3 Å². The molecule has 2 aromatic rings. The molecule has 1 amide bonds. The van der Waals surface area contributed by atoms with E-state index in [9.17, 15) is 9.59 Å². The zero-order chi connectivity index (χ0) is 23.5. The van der Waals surface area contributed by atoms with Gasteiger partial charge in [0, 0.05) is 19.3 Å². The zero-order valence-corrected chi connectivity index (χ0v) is 18.7. The Morgan fingerprint density at radius 3 is 2.42 bits per heavy atom. The third kappa shape index (κ3) is 7.38. The minimum absolute atomic E-state index is 0.240. The van der Waals surface area contributed by atoms with E-state index in [4.69, 9.17) is 19.5 Å². The van der Waals surface area contributed by atoms with Crippen molar-refractivity contribution in [2.24, 2.45) is 5.92 Å². The first kappa shape index (κ1) is 23.9. The molecule has 9 nitrogen and oxygen atoms in total. The molecule has 9 heteroatoms. The van der Waals surface area contributed by atoms with E-state index in [1.165, 1.54) is 6.20 Å². The first-order valence-electron chi connectivity index (χ1n) is 11.0. The molecule has 0 bridgehead atoms. The Hall–Kier alpha value is -3.80. The largest absolute Gasteiger partial charge is 0.494 e. The van der Waals surface area contributed by atoms with Gasteiger partial charge >= 0.3 is 5.97 Å². The molecule has 3 rings (SSSR count). The molecule has 0 unspecified atom stereocenters. The van der Waals surface area contributed by atoms with Gasteiger partial charge in [-0.2, -0.15) is 5.26 Å². The fourth-order valence-corrected chi connectivity index (χ4v) is 3.45. The summed E-state index contributed by atoms with van der Waals surface area (Å²) >= 11 is 0. The highest BCUT2D eigenvalue weighted by Crippen LogP contribution is 2.23. The minimum atomic E-state index is -0.363. The van der Waals surface area contributed by atoms with Crippen LogP contribution < -0.4 is 19.7 Å². The van der Waals surface area contributed by atoms with Crippen LogP contribution >= 0.6 is 0 Å². The van der Waals surface area contributed by atoms with Gasteiger partial charge in [0.05, 0.1) is 24.6 Å². The predicted molar refractivity (Wildman–Crippen MR) is 121 cm³/mol. The maximum atomic E-state index is 12.3. The fraction of sp³-hybridized carbons (Fsp3) is 0.417. The second kappa shape index (κ2) is 12.3. The van der Waals surface area contributed by atoms with Crippen LogP contribution in [-0.2, 0) is 14.3 Å². The summed E-state index contributed by atoms with van der Waals surface area (Å²) in [5.41, 5.74) is 0.512. The van der Waals surface area contributed by atoms with Gasteiger partial charge in [-0.05, 0) is 56.2 Å². The second-order valence-corrected chi connectivity index (χ2v) is 7.49. The molecule has 1 fully saturated rings. The number of hydrogen-bond acceptors (Lipinski definition) is 8. The predicted octanol–water partition coefficient (Wildman–Crippen LogP) is 2.31. The molecule has 33 heavy (non-hydrogen) atoms. The van der Waals surface area contributed by atoms with E-state index < -0.39 is 0 Å². The number of aromatic nitrogens is 1. The van der Waals surface area contributed by atoms with Gasteiger partial charge in [-0.3, -0.25) is 9.59 Å². The standard InChI is InChI=1S/C24H28N4O5/c1-2-31-20-4-6-21(7-5-20)32-14-11-26-23(29)17-33-24(30)19-9-12-28(13-10-19)22-8-3-18(15-25)16-27-22/h3-8,16,19H,2,9-14,17H2,1H3,(H,26,29). The molecule has 2 heterocycles. The Bertz CT molecular complexity index is 948. The number of ether oxygens (including phenoxy) is 3. The summed E-state index contributed by atoms with van der Waals surface area (Å²) in [6.45, 7) is 4.14. The molecular formula is C24H28N4O5. The molecule has 0 saturated carbocycles. The maximum absolute atomic E-state index is 12.3. The van der Waals surface area contributed by atoms with Crippen molar-refractivity contribution in [2.45, 2.75) is 19.8 Å². The van der Waals surface area contributed by atoms with E-state index in [0.717, 1.165) is 11.6 Å². The highest BCUT2D eigenvalue weighted by atomic mass is 16.5. The molecule has 1 N–H and O–H groups in total. The number of carbonyl (C=O) groups is 2. The average molecular weight is 453 g/mol. The van der Waals surface area contributed by atoms with Crippen molar-refractivity contribution >= 4 is 17.7 Å². The van der Waals surface area contributed by atoms with Gasteiger partial charge in [0.25, 0.3) is 5.91 Å². The van der Waals surface area contributed by atoms with Crippen molar-refractivity contribution in [3.8, 4) is 17.6 Å². The highest BCUT2D eigenvalue weighted by Gasteiger charge is 2.27. The van der Waals surface area contributed by atoms with Crippen molar-refractivity contribution in [3.05, 3.63) is 48.2 Å². The summed E-state index contributed by atoms with van der Waals surface area (Å²) in [6.07, 6.45) is 2.79. The number of pyridine rings is 1. The second-order valence-electron chi connectivity index (χ2n) is 7.49. The Labute approximate surface area is 193 Å². The summed E-state index contributed by atoms with van der Waals surface area (Å²) < 4.78 is 16.1. The van der Waals surface area contributed by atoms with Crippen molar-refractivity contribution in [1.29, 1.82) is 5.26 Å². The monoisotopic (exact) mass is 452 g/mol. The first-order valence-corrected chi connectivity index (χ1v) is 11.0. The third-order valence-electron chi connectivity index (χ3n) is 5.20. The number of piperidine rings is 1. The molecule has 1 aliphatic heterocycles. The summed E-state index contributed by atoms with van der Waals surface area (Å²) in [4.78, 5) is 30.6. The van der Waals surface area contributed by atoms with Crippen LogP contribution in [0.5, 0.6) is 11.5 Å². The van der Waals surface area contributed by atoms with Gasteiger partial charge in [0.1, 0.15) is 30.0 Å². The molecule has 1 aromatic heterocycles. The van der Waals surface area contributed by atoms with Crippen LogP contribution in [0.25, 0.3) is 0 Å². The SMILES string of the molecule is CCOc1ccc(OCCNC(=O)COC(=O)C2CCN(c3ccc(C#N)cn3)CC2)cc1. The molecule has 1 aromatic carbocycles. The van der Waals surface area contributed by atoms with Crippen LogP contribution in [0.1, 0.15) is 25.3 Å². The minimum Gasteiger partial charge on any atom is -0.494 e. The summed E-state index contributed by atoms with van der Waals surface area (Å²) in [6, 6.07) is 12.8. The summed E-state index contributed by atoms with van der Waals surface area (Å²) in [5.74, 6) is 1.28.